The van der Waals surface area contributed by atoms with E-state index in [2.05, 4.69) is 32.3 Å². The molecule has 6 heteroatoms. The molecule has 1 aliphatic heterocycles. The minimum absolute atomic E-state index is 0.500. The maximum absolute atomic E-state index is 8.81. The molecule has 1 aliphatic rings. The number of imidazole rings is 1. The second-order valence-corrected chi connectivity index (χ2v) is 6.56. The Morgan fingerprint density at radius 3 is 2.72 bits per heavy atom. The molecule has 3 rings (SSSR count). The molecular formula is C19H25N5O. The third-order valence-corrected chi connectivity index (χ3v) is 4.77. The van der Waals surface area contributed by atoms with Gasteiger partial charge in [0, 0.05) is 51.7 Å². The van der Waals surface area contributed by atoms with Gasteiger partial charge >= 0.3 is 0 Å². The van der Waals surface area contributed by atoms with Crippen molar-refractivity contribution >= 4 is 0 Å². The summed E-state index contributed by atoms with van der Waals surface area (Å²) in [5.74, 6) is 1.94. The molecular weight excluding hydrogens is 314 g/mol. The normalized spacial score (nSPS) is 18.8. The van der Waals surface area contributed by atoms with E-state index in [0.717, 1.165) is 44.3 Å². The van der Waals surface area contributed by atoms with Crippen LogP contribution in [0.1, 0.15) is 18.3 Å². The Kier molecular flexibility index (Phi) is 5.69. The van der Waals surface area contributed by atoms with E-state index in [9.17, 15) is 0 Å². The highest BCUT2D eigenvalue weighted by Gasteiger charge is 2.24. The topological polar surface area (TPSA) is 57.3 Å². The van der Waals surface area contributed by atoms with Gasteiger partial charge in [-0.3, -0.25) is 9.80 Å². The lowest BCUT2D eigenvalue weighted by Gasteiger charge is -2.39. The molecule has 132 valence electrons. The molecule has 0 saturated carbocycles. The van der Waals surface area contributed by atoms with Crippen molar-refractivity contribution in [3.05, 3.63) is 48.0 Å². The summed E-state index contributed by atoms with van der Waals surface area (Å²) in [4.78, 5) is 9.36. The zero-order chi connectivity index (χ0) is 17.6. The van der Waals surface area contributed by atoms with Crippen LogP contribution >= 0.6 is 0 Å². The van der Waals surface area contributed by atoms with Crippen molar-refractivity contribution in [1.82, 2.24) is 19.4 Å². The summed E-state index contributed by atoms with van der Waals surface area (Å²) in [6, 6.07) is 9.89. The van der Waals surface area contributed by atoms with Crippen molar-refractivity contribution in [2.24, 2.45) is 7.05 Å². The fourth-order valence-electron chi connectivity index (χ4n) is 3.16. The summed E-state index contributed by atoms with van der Waals surface area (Å²) < 4.78 is 7.88. The van der Waals surface area contributed by atoms with Crippen molar-refractivity contribution in [2.45, 2.75) is 19.5 Å². The molecule has 25 heavy (non-hydrogen) atoms. The lowest BCUT2D eigenvalue weighted by atomic mass is 10.2. The molecule has 0 amide bonds. The van der Waals surface area contributed by atoms with Crippen LogP contribution in [0.3, 0.4) is 0 Å². The van der Waals surface area contributed by atoms with Crippen molar-refractivity contribution in [1.29, 1.82) is 5.26 Å². The standard InChI is InChI=1S/C19H25N5O/c1-16-14-23(9-10-24(16)15-19-21-7-8-22(19)2)11-12-25-18-5-3-17(13-20)4-6-18/h3-8,16H,9-12,14-15H2,1-2H3. The predicted molar refractivity (Wildman–Crippen MR) is 96.2 cm³/mol. The predicted octanol–water partition coefficient (Wildman–Crippen LogP) is 1.88. The second-order valence-electron chi connectivity index (χ2n) is 6.56. The van der Waals surface area contributed by atoms with Crippen molar-refractivity contribution in [2.75, 3.05) is 32.8 Å². The van der Waals surface area contributed by atoms with Gasteiger partial charge in [0.2, 0.25) is 0 Å². The average Bonchev–Trinajstić information content (AvgIpc) is 3.03. The van der Waals surface area contributed by atoms with Crippen LogP contribution in [0.2, 0.25) is 0 Å². The second kappa shape index (κ2) is 8.15. The summed E-state index contributed by atoms with van der Waals surface area (Å²) in [7, 11) is 2.05. The molecule has 0 radical (unpaired) electrons. The van der Waals surface area contributed by atoms with Gasteiger partial charge in [-0.15, -0.1) is 0 Å². The van der Waals surface area contributed by atoms with Crippen LogP contribution in [0.4, 0.5) is 0 Å². The molecule has 1 saturated heterocycles. The number of hydrogen-bond acceptors (Lipinski definition) is 5. The molecule has 1 unspecified atom stereocenters. The monoisotopic (exact) mass is 339 g/mol. The molecule has 2 heterocycles. The fourth-order valence-corrected chi connectivity index (χ4v) is 3.16. The quantitative estimate of drug-likeness (QED) is 0.804. The van der Waals surface area contributed by atoms with Gasteiger partial charge in [-0.1, -0.05) is 0 Å². The van der Waals surface area contributed by atoms with Crippen LogP contribution in [-0.2, 0) is 13.6 Å². The lowest BCUT2D eigenvalue weighted by molar-refractivity contribution is 0.0666. The zero-order valence-electron chi connectivity index (χ0n) is 14.9. The van der Waals surface area contributed by atoms with E-state index in [0.29, 0.717) is 18.2 Å². The van der Waals surface area contributed by atoms with E-state index in [1.54, 1.807) is 12.1 Å². The number of benzene rings is 1. The van der Waals surface area contributed by atoms with E-state index in [4.69, 9.17) is 10.00 Å². The molecule has 1 aromatic carbocycles. The van der Waals surface area contributed by atoms with Crippen LogP contribution in [0, 0.1) is 11.3 Å². The van der Waals surface area contributed by atoms with E-state index >= 15 is 0 Å². The summed E-state index contributed by atoms with van der Waals surface area (Å²) in [5, 5.41) is 8.81. The van der Waals surface area contributed by atoms with Gasteiger partial charge in [0.1, 0.15) is 18.2 Å². The molecule has 2 aromatic rings. The van der Waals surface area contributed by atoms with Crippen molar-refractivity contribution in [3.8, 4) is 11.8 Å². The van der Waals surface area contributed by atoms with Crippen LogP contribution in [-0.4, -0.2) is 58.2 Å². The summed E-state index contributed by atoms with van der Waals surface area (Å²) >= 11 is 0. The minimum atomic E-state index is 0.500. The van der Waals surface area contributed by atoms with E-state index in [1.165, 1.54) is 0 Å². The first kappa shape index (κ1) is 17.5. The number of piperazine rings is 1. The average molecular weight is 339 g/mol. The maximum atomic E-state index is 8.81. The Labute approximate surface area is 149 Å². The van der Waals surface area contributed by atoms with Gasteiger partial charge in [0.15, 0.2) is 0 Å². The highest BCUT2D eigenvalue weighted by Crippen LogP contribution is 2.14. The summed E-state index contributed by atoms with van der Waals surface area (Å²) in [6.45, 7) is 7.90. The number of aryl methyl sites for hydroxylation is 1. The first-order valence-corrected chi connectivity index (χ1v) is 8.71. The number of rotatable bonds is 6. The smallest absolute Gasteiger partial charge is 0.122 e. The van der Waals surface area contributed by atoms with Crippen molar-refractivity contribution < 1.29 is 4.74 Å². The van der Waals surface area contributed by atoms with Gasteiger partial charge in [0.25, 0.3) is 0 Å². The molecule has 0 bridgehead atoms. The zero-order valence-corrected chi connectivity index (χ0v) is 14.9. The highest BCUT2D eigenvalue weighted by molar-refractivity contribution is 5.34. The van der Waals surface area contributed by atoms with Gasteiger partial charge in [-0.2, -0.15) is 5.26 Å². The SMILES string of the molecule is CC1CN(CCOc2ccc(C#N)cc2)CCN1Cc1nccn1C. The highest BCUT2D eigenvalue weighted by atomic mass is 16.5. The summed E-state index contributed by atoms with van der Waals surface area (Å²) in [6.07, 6.45) is 3.85. The molecule has 1 aromatic heterocycles. The van der Waals surface area contributed by atoms with Crippen molar-refractivity contribution in [3.63, 3.8) is 0 Å². The van der Waals surface area contributed by atoms with E-state index in [1.807, 2.05) is 31.6 Å². The van der Waals surface area contributed by atoms with Gasteiger partial charge in [-0.25, -0.2) is 4.98 Å². The third kappa shape index (κ3) is 4.59. The minimum Gasteiger partial charge on any atom is -0.492 e. The van der Waals surface area contributed by atoms with Crippen LogP contribution < -0.4 is 4.74 Å². The largest absolute Gasteiger partial charge is 0.492 e. The first-order chi connectivity index (χ1) is 12.2. The number of nitrogens with zero attached hydrogens (tertiary/aromatic N) is 5. The van der Waals surface area contributed by atoms with Gasteiger partial charge < -0.3 is 9.30 Å². The molecule has 1 fully saturated rings. The number of nitriles is 1. The Morgan fingerprint density at radius 1 is 1.28 bits per heavy atom. The Morgan fingerprint density at radius 2 is 2.08 bits per heavy atom. The molecule has 0 aliphatic carbocycles. The van der Waals surface area contributed by atoms with Crippen LogP contribution in [0.25, 0.3) is 0 Å². The lowest BCUT2D eigenvalue weighted by Crippen LogP contribution is -2.52. The Balaban J connectivity index is 1.42. The Bertz CT molecular complexity index is 718. The summed E-state index contributed by atoms with van der Waals surface area (Å²) in [5.41, 5.74) is 0.657. The van der Waals surface area contributed by atoms with E-state index < -0.39 is 0 Å². The van der Waals surface area contributed by atoms with Crippen LogP contribution in [0.15, 0.2) is 36.7 Å². The number of ether oxygens (including phenoxy) is 1. The van der Waals surface area contributed by atoms with Gasteiger partial charge in [-0.05, 0) is 31.2 Å². The third-order valence-electron chi connectivity index (χ3n) is 4.77. The first-order valence-electron chi connectivity index (χ1n) is 8.71. The van der Waals surface area contributed by atoms with E-state index in [-0.39, 0.29) is 0 Å². The number of hydrogen-bond donors (Lipinski definition) is 0. The van der Waals surface area contributed by atoms with Gasteiger partial charge in [0.05, 0.1) is 18.2 Å². The number of aromatic nitrogens is 2. The molecule has 0 N–H and O–H groups in total. The molecule has 0 spiro atoms. The molecule has 1 atom stereocenters. The molecule has 6 nitrogen and oxygen atoms in total. The Hall–Kier alpha value is -2.36. The van der Waals surface area contributed by atoms with Crippen LogP contribution in [0.5, 0.6) is 5.75 Å². The maximum Gasteiger partial charge on any atom is 0.122 e. The fraction of sp³-hybridized carbons (Fsp3) is 0.474.